The van der Waals surface area contributed by atoms with Gasteiger partial charge in [0.2, 0.25) is 0 Å². The van der Waals surface area contributed by atoms with Gasteiger partial charge in [-0.1, -0.05) is 12.6 Å². The number of hydrogen-bond donors (Lipinski definition) is 2. The molecule has 4 heteroatoms. The molecule has 0 rings (SSSR count). The van der Waals surface area contributed by atoms with Crippen molar-refractivity contribution in [2.75, 3.05) is 0 Å². The van der Waals surface area contributed by atoms with Gasteiger partial charge in [0.15, 0.2) is 0 Å². The molecule has 0 aliphatic carbocycles. The summed E-state index contributed by atoms with van der Waals surface area (Å²) in [5.41, 5.74) is 1.32. The summed E-state index contributed by atoms with van der Waals surface area (Å²) in [6.45, 7) is 0. The van der Waals surface area contributed by atoms with Crippen LogP contribution >= 0.6 is 12.6 Å². The topological polar surface area (TPSA) is 49.3 Å². The van der Waals surface area contributed by atoms with Crippen LogP contribution in [-0.2, 0) is 4.79 Å². The van der Waals surface area contributed by atoms with Crippen molar-refractivity contribution >= 4 is 18.5 Å². The second-order valence-corrected chi connectivity index (χ2v) is 0.830. The van der Waals surface area contributed by atoms with E-state index in [1.807, 2.05) is 0 Å². The minimum atomic E-state index is -0.662. The van der Waals surface area contributed by atoms with Gasteiger partial charge in [-0.3, -0.25) is 10.0 Å². The number of rotatable bonds is 1. The number of amides is 1. The van der Waals surface area contributed by atoms with Crippen molar-refractivity contribution in [3.8, 4) is 0 Å². The summed E-state index contributed by atoms with van der Waals surface area (Å²) in [7, 11) is 0. The molecule has 0 aliphatic heterocycles. The molecule has 2 radical (unpaired) electrons. The first-order chi connectivity index (χ1) is 2.81. The fourth-order valence-electron chi connectivity index (χ4n) is 0.0264. The van der Waals surface area contributed by atoms with E-state index in [9.17, 15) is 4.79 Å². The third-order valence-corrected chi connectivity index (χ3v) is 0.431. The first kappa shape index (κ1) is 5.78. The Labute approximate surface area is 40.7 Å². The molecule has 3 nitrogen and oxygen atoms in total. The summed E-state index contributed by atoms with van der Waals surface area (Å²) in [5.74, 6) is 0.144. The molecule has 0 atom stereocenters. The highest BCUT2D eigenvalue weighted by atomic mass is 32.1. The second-order valence-electron chi connectivity index (χ2n) is 0.594. The van der Waals surface area contributed by atoms with Gasteiger partial charge in [0.25, 0.3) is 5.91 Å². The average molecular weight is 105 g/mol. The number of carbonyl (C=O) groups excluding carboxylic acids is 1. The van der Waals surface area contributed by atoms with Crippen LogP contribution in [0.1, 0.15) is 0 Å². The summed E-state index contributed by atoms with van der Waals surface area (Å²) >= 11 is 4.08. The normalized spacial score (nSPS) is 7.67. The van der Waals surface area contributed by atoms with Gasteiger partial charge in [0.1, 0.15) is 5.75 Å². The first-order valence-corrected chi connectivity index (χ1v) is 1.67. The lowest BCUT2D eigenvalue weighted by Crippen LogP contribution is -2.16. The Bertz CT molecular complexity index is 49.5. The van der Waals surface area contributed by atoms with E-state index in [0.29, 0.717) is 0 Å². The summed E-state index contributed by atoms with van der Waals surface area (Å²) in [6.07, 6.45) is 0. The quantitative estimate of drug-likeness (QED) is 0.360. The monoisotopic (exact) mass is 105 g/mol. The van der Waals surface area contributed by atoms with Crippen LogP contribution in [0.25, 0.3) is 0 Å². The lowest BCUT2D eigenvalue weighted by molar-refractivity contribution is -0.124. The molecular weight excluding hydrogens is 102 g/mol. The van der Waals surface area contributed by atoms with Gasteiger partial charge in [-0.05, 0) is 0 Å². The Morgan fingerprint density at radius 2 is 2.50 bits per heavy atom. The van der Waals surface area contributed by atoms with Gasteiger partial charge in [-0.25, -0.2) is 5.48 Å². The molecule has 0 bridgehead atoms. The molecule has 0 saturated heterocycles. The van der Waals surface area contributed by atoms with Crippen molar-refractivity contribution in [1.29, 1.82) is 0 Å². The van der Waals surface area contributed by atoms with Crippen molar-refractivity contribution in [1.82, 2.24) is 5.48 Å². The maximum atomic E-state index is 9.66. The van der Waals surface area contributed by atoms with E-state index >= 15 is 0 Å². The van der Waals surface area contributed by atoms with E-state index in [1.54, 1.807) is 0 Å². The zero-order chi connectivity index (χ0) is 4.99. The summed E-state index contributed by atoms with van der Waals surface area (Å²) in [4.78, 5) is 9.66. The summed E-state index contributed by atoms with van der Waals surface area (Å²) in [5, 5.41) is 7.64. The molecule has 0 heterocycles. The molecule has 0 unspecified atom stereocenters. The zero-order valence-electron chi connectivity index (χ0n) is 2.84. The fourth-order valence-corrected chi connectivity index (χ4v) is 0.0791. The second kappa shape index (κ2) is 2.99. The zero-order valence-corrected chi connectivity index (χ0v) is 3.66. The molecule has 1 amide bonds. The standard InChI is InChI=1S/C2H3NO2S/c4-2(1-6)3-5/h1,5H,(H,3,4). The molecule has 6 heavy (non-hydrogen) atoms. The van der Waals surface area contributed by atoms with E-state index in [1.165, 1.54) is 5.48 Å². The lowest BCUT2D eigenvalue weighted by atomic mass is 10.8. The van der Waals surface area contributed by atoms with Crippen LogP contribution in [0.4, 0.5) is 0 Å². The minimum Gasteiger partial charge on any atom is -0.289 e. The van der Waals surface area contributed by atoms with Crippen molar-refractivity contribution < 1.29 is 10.0 Å². The van der Waals surface area contributed by atoms with Crippen molar-refractivity contribution in [3.05, 3.63) is 5.75 Å². The Morgan fingerprint density at radius 1 is 2.00 bits per heavy atom. The summed E-state index contributed by atoms with van der Waals surface area (Å²) in [6, 6.07) is 0. The Kier molecular flexibility index (Phi) is 2.88. The van der Waals surface area contributed by atoms with E-state index in [-0.39, 0.29) is 0 Å². The van der Waals surface area contributed by atoms with Gasteiger partial charge in [-0.15, -0.1) is 0 Å². The Hall–Kier alpha value is -0.220. The van der Waals surface area contributed by atoms with Gasteiger partial charge < -0.3 is 0 Å². The largest absolute Gasteiger partial charge is 0.289 e. The molecule has 2 N–H and O–H groups in total. The van der Waals surface area contributed by atoms with E-state index < -0.39 is 5.91 Å². The van der Waals surface area contributed by atoms with Crippen LogP contribution in [0.3, 0.4) is 0 Å². The molecular formula is C2H3NO2S. The SMILES string of the molecule is O=C([CH][S])NO. The fraction of sp³-hybridized carbons (Fsp3) is 0. The van der Waals surface area contributed by atoms with Crippen LogP contribution in [-0.4, -0.2) is 11.1 Å². The third kappa shape index (κ3) is 2.04. The van der Waals surface area contributed by atoms with E-state index in [2.05, 4.69) is 12.6 Å². The molecule has 0 aromatic carbocycles. The highest BCUT2D eigenvalue weighted by molar-refractivity contribution is 7.83. The number of hydroxylamine groups is 1. The maximum Gasteiger partial charge on any atom is 0.259 e. The van der Waals surface area contributed by atoms with Crippen LogP contribution in [0, 0.1) is 5.75 Å². The summed E-state index contributed by atoms with van der Waals surface area (Å²) < 4.78 is 0. The predicted octanol–water partition coefficient (Wildman–Crippen LogP) is -0.149. The molecule has 0 aromatic heterocycles. The predicted molar refractivity (Wildman–Crippen MR) is 21.8 cm³/mol. The van der Waals surface area contributed by atoms with Crippen molar-refractivity contribution in [2.45, 2.75) is 0 Å². The van der Waals surface area contributed by atoms with Crippen LogP contribution in [0.15, 0.2) is 0 Å². The van der Waals surface area contributed by atoms with Crippen molar-refractivity contribution in [3.63, 3.8) is 0 Å². The van der Waals surface area contributed by atoms with Gasteiger partial charge in [0.05, 0.1) is 0 Å². The highest BCUT2D eigenvalue weighted by Gasteiger charge is 1.89. The van der Waals surface area contributed by atoms with Gasteiger partial charge >= 0.3 is 0 Å². The van der Waals surface area contributed by atoms with Gasteiger partial charge in [0, 0.05) is 0 Å². The minimum absolute atomic E-state index is 0.662. The number of hydrogen-bond acceptors (Lipinski definition) is 2. The highest BCUT2D eigenvalue weighted by Crippen LogP contribution is 1.76. The van der Waals surface area contributed by atoms with Crippen molar-refractivity contribution in [2.24, 2.45) is 0 Å². The van der Waals surface area contributed by atoms with Gasteiger partial charge in [-0.2, -0.15) is 0 Å². The lowest BCUT2D eigenvalue weighted by Gasteiger charge is -1.83. The molecule has 0 saturated carbocycles. The van der Waals surface area contributed by atoms with E-state index in [0.717, 1.165) is 5.75 Å². The molecule has 0 spiro atoms. The average Bonchev–Trinajstić information content (AvgIpc) is 1.65. The van der Waals surface area contributed by atoms with Crippen LogP contribution in [0.2, 0.25) is 0 Å². The molecule has 0 aromatic rings. The Balaban J connectivity index is 2.99. The molecule has 34 valence electrons. The maximum absolute atomic E-state index is 9.66. The smallest absolute Gasteiger partial charge is 0.259 e. The van der Waals surface area contributed by atoms with Crippen LogP contribution in [0.5, 0.6) is 0 Å². The first-order valence-electron chi connectivity index (χ1n) is 1.20. The molecule has 0 fully saturated rings. The molecule has 0 aliphatic rings. The van der Waals surface area contributed by atoms with Crippen LogP contribution < -0.4 is 5.48 Å². The third-order valence-electron chi connectivity index (χ3n) is 0.217. The number of carbonyl (C=O) groups is 1. The van der Waals surface area contributed by atoms with E-state index in [4.69, 9.17) is 5.21 Å². The number of nitrogens with one attached hydrogen (secondary N) is 1. The Morgan fingerprint density at radius 3 is 2.50 bits per heavy atom.